The highest BCUT2D eigenvalue weighted by atomic mass is 32.2. The predicted molar refractivity (Wildman–Crippen MR) is 92.6 cm³/mol. The van der Waals surface area contributed by atoms with Crippen molar-refractivity contribution in [2.24, 2.45) is 0 Å². The molecule has 0 aromatic heterocycles. The lowest BCUT2D eigenvalue weighted by Gasteiger charge is -2.32. The minimum Gasteiger partial charge on any atom is -0.399 e. The van der Waals surface area contributed by atoms with E-state index in [9.17, 15) is 0 Å². The lowest BCUT2D eigenvalue weighted by Crippen LogP contribution is -2.41. The van der Waals surface area contributed by atoms with Gasteiger partial charge in [0.05, 0.1) is 11.2 Å². The van der Waals surface area contributed by atoms with Crippen LogP contribution in [0.5, 0.6) is 0 Å². The fraction of sp³-hybridized carbons (Fsp3) is 0.647. The Morgan fingerprint density at radius 2 is 1.62 bits per heavy atom. The molecule has 1 heterocycles. The van der Waals surface area contributed by atoms with Gasteiger partial charge < -0.3 is 9.31 Å². The molecule has 0 saturated carbocycles. The molecule has 0 radical (unpaired) electrons. The molecule has 0 unspecified atom stereocenters. The molecule has 0 spiro atoms. The SMILES string of the molecule is CCSc1cc(B2OC(C)(C)C(C)(C)O2)cc(C(C)C)c1. The van der Waals surface area contributed by atoms with Gasteiger partial charge in [0.2, 0.25) is 0 Å². The molecule has 2 rings (SSSR count). The van der Waals surface area contributed by atoms with Crippen molar-refractivity contribution in [1.82, 2.24) is 0 Å². The quantitative estimate of drug-likeness (QED) is 0.613. The Labute approximate surface area is 134 Å². The molecule has 116 valence electrons. The minimum atomic E-state index is -0.288. The van der Waals surface area contributed by atoms with Crippen molar-refractivity contribution in [2.75, 3.05) is 5.75 Å². The van der Waals surface area contributed by atoms with Gasteiger partial charge in [-0.1, -0.05) is 26.8 Å². The lowest BCUT2D eigenvalue weighted by molar-refractivity contribution is 0.00578. The number of benzene rings is 1. The van der Waals surface area contributed by atoms with Crippen molar-refractivity contribution in [3.8, 4) is 0 Å². The Morgan fingerprint density at radius 1 is 1.05 bits per heavy atom. The van der Waals surface area contributed by atoms with Crippen LogP contribution >= 0.6 is 11.8 Å². The molecule has 2 nitrogen and oxygen atoms in total. The lowest BCUT2D eigenvalue weighted by atomic mass is 9.77. The smallest absolute Gasteiger partial charge is 0.399 e. The van der Waals surface area contributed by atoms with Gasteiger partial charge in [0, 0.05) is 4.90 Å². The first-order chi connectivity index (χ1) is 9.66. The molecule has 0 atom stereocenters. The minimum absolute atomic E-state index is 0.273. The van der Waals surface area contributed by atoms with Gasteiger partial charge in [0.1, 0.15) is 0 Å². The summed E-state index contributed by atoms with van der Waals surface area (Å²) in [5, 5.41) is 0. The topological polar surface area (TPSA) is 18.5 Å². The second-order valence-corrected chi connectivity index (χ2v) is 8.35. The Bertz CT molecular complexity index is 496. The van der Waals surface area contributed by atoms with Gasteiger partial charge in [-0.3, -0.25) is 0 Å². The van der Waals surface area contributed by atoms with Crippen molar-refractivity contribution in [2.45, 2.75) is 70.5 Å². The van der Waals surface area contributed by atoms with Crippen LogP contribution in [0.4, 0.5) is 0 Å². The summed E-state index contributed by atoms with van der Waals surface area (Å²) < 4.78 is 12.4. The van der Waals surface area contributed by atoms with Crippen molar-refractivity contribution in [1.29, 1.82) is 0 Å². The summed E-state index contributed by atoms with van der Waals surface area (Å²) in [5.41, 5.74) is 1.90. The van der Waals surface area contributed by atoms with E-state index >= 15 is 0 Å². The van der Waals surface area contributed by atoms with Gasteiger partial charge in [-0.25, -0.2) is 0 Å². The fourth-order valence-electron chi connectivity index (χ4n) is 2.34. The zero-order valence-corrected chi connectivity index (χ0v) is 15.1. The summed E-state index contributed by atoms with van der Waals surface area (Å²) in [7, 11) is -0.273. The third kappa shape index (κ3) is 3.49. The summed E-state index contributed by atoms with van der Waals surface area (Å²) >= 11 is 1.87. The van der Waals surface area contributed by atoms with Gasteiger partial charge in [0.25, 0.3) is 0 Å². The van der Waals surface area contributed by atoms with Crippen molar-refractivity contribution < 1.29 is 9.31 Å². The molecule has 1 aromatic rings. The van der Waals surface area contributed by atoms with E-state index in [-0.39, 0.29) is 18.3 Å². The molecular weight excluding hydrogens is 279 g/mol. The molecule has 1 aliphatic heterocycles. The van der Waals surface area contributed by atoms with Crippen LogP contribution in [0.15, 0.2) is 23.1 Å². The maximum Gasteiger partial charge on any atom is 0.494 e. The van der Waals surface area contributed by atoms with E-state index in [1.807, 2.05) is 11.8 Å². The Morgan fingerprint density at radius 3 is 2.10 bits per heavy atom. The van der Waals surface area contributed by atoms with Gasteiger partial charge in [-0.15, -0.1) is 11.8 Å². The van der Waals surface area contributed by atoms with Gasteiger partial charge in [0.15, 0.2) is 0 Å². The number of thioether (sulfide) groups is 1. The van der Waals surface area contributed by atoms with E-state index < -0.39 is 0 Å². The van der Waals surface area contributed by atoms with Crippen molar-refractivity contribution >= 4 is 24.3 Å². The second kappa shape index (κ2) is 5.98. The Hall–Kier alpha value is -0.445. The monoisotopic (exact) mass is 306 g/mol. The summed E-state index contributed by atoms with van der Waals surface area (Å²) in [4.78, 5) is 1.30. The number of hydrogen-bond acceptors (Lipinski definition) is 3. The van der Waals surface area contributed by atoms with E-state index in [0.717, 1.165) is 11.2 Å². The maximum absolute atomic E-state index is 6.19. The molecular formula is C17H27BO2S. The molecule has 1 saturated heterocycles. The second-order valence-electron chi connectivity index (χ2n) is 7.01. The summed E-state index contributed by atoms with van der Waals surface area (Å²) in [6.45, 7) is 15.0. The molecule has 0 aliphatic carbocycles. The van der Waals surface area contributed by atoms with Crippen molar-refractivity contribution in [3.05, 3.63) is 23.8 Å². The van der Waals surface area contributed by atoms with E-state index in [0.29, 0.717) is 5.92 Å². The fourth-order valence-corrected chi connectivity index (χ4v) is 3.12. The number of hydrogen-bond donors (Lipinski definition) is 0. The third-order valence-electron chi connectivity index (χ3n) is 4.45. The molecule has 1 aromatic carbocycles. The average Bonchev–Trinajstić information content (AvgIpc) is 2.58. The molecule has 0 N–H and O–H groups in total. The summed E-state index contributed by atoms with van der Waals surface area (Å²) in [5.74, 6) is 1.58. The Kier molecular flexibility index (Phi) is 4.82. The van der Waals surface area contributed by atoms with Gasteiger partial charge >= 0.3 is 7.12 Å². The van der Waals surface area contributed by atoms with Gasteiger partial charge in [-0.2, -0.15) is 0 Å². The van der Waals surface area contributed by atoms with Crippen LogP contribution < -0.4 is 5.46 Å². The standard InChI is InChI=1S/C17H27BO2S/c1-8-21-15-10-13(12(2)3)9-14(11-15)18-19-16(4,5)17(6,7)20-18/h9-12H,8H2,1-7H3. The molecule has 4 heteroatoms. The third-order valence-corrected chi connectivity index (χ3v) is 5.31. The first-order valence-electron chi connectivity index (χ1n) is 7.79. The zero-order valence-electron chi connectivity index (χ0n) is 14.3. The van der Waals surface area contributed by atoms with E-state index in [1.54, 1.807) is 0 Å². The largest absolute Gasteiger partial charge is 0.494 e. The van der Waals surface area contributed by atoms with Crippen LogP contribution in [-0.2, 0) is 9.31 Å². The first kappa shape index (κ1) is 16.9. The molecule has 21 heavy (non-hydrogen) atoms. The van der Waals surface area contributed by atoms with Crippen molar-refractivity contribution in [3.63, 3.8) is 0 Å². The maximum atomic E-state index is 6.19. The van der Waals surface area contributed by atoms with Crippen LogP contribution in [-0.4, -0.2) is 24.1 Å². The highest BCUT2D eigenvalue weighted by Crippen LogP contribution is 2.37. The van der Waals surface area contributed by atoms with Gasteiger partial charge in [-0.05, 0) is 62.5 Å². The van der Waals surface area contributed by atoms with E-state index in [4.69, 9.17) is 9.31 Å². The van der Waals surface area contributed by atoms with E-state index in [2.05, 4.69) is 66.7 Å². The first-order valence-corrected chi connectivity index (χ1v) is 8.78. The molecule has 0 bridgehead atoms. The highest BCUT2D eigenvalue weighted by Gasteiger charge is 2.51. The molecule has 1 aliphatic rings. The van der Waals surface area contributed by atoms with Crippen LogP contribution in [0, 0.1) is 0 Å². The number of rotatable bonds is 4. The van der Waals surface area contributed by atoms with E-state index in [1.165, 1.54) is 10.5 Å². The molecule has 1 fully saturated rings. The Balaban J connectivity index is 2.36. The highest BCUT2D eigenvalue weighted by molar-refractivity contribution is 7.99. The van der Waals surface area contributed by atoms with Crippen LogP contribution in [0.2, 0.25) is 0 Å². The predicted octanol–water partition coefficient (Wildman–Crippen LogP) is 4.22. The normalized spacial score (nSPS) is 20.3. The average molecular weight is 306 g/mol. The summed E-state index contributed by atoms with van der Waals surface area (Å²) in [6, 6.07) is 6.72. The molecule has 0 amide bonds. The van der Waals surface area contributed by atoms with Crippen LogP contribution in [0.1, 0.15) is 59.9 Å². The zero-order chi connectivity index (χ0) is 15.8. The van der Waals surface area contributed by atoms with Crippen LogP contribution in [0.25, 0.3) is 0 Å². The summed E-state index contributed by atoms with van der Waals surface area (Å²) in [6.07, 6.45) is 0. The van der Waals surface area contributed by atoms with Crippen LogP contribution in [0.3, 0.4) is 0 Å².